The first-order chi connectivity index (χ1) is 5.24. The zero-order valence-electron chi connectivity index (χ0n) is 7.34. The van der Waals surface area contributed by atoms with Crippen LogP contribution in [0, 0.1) is 0 Å². The number of nitrogens with one attached hydrogen (secondary N) is 1. The van der Waals surface area contributed by atoms with E-state index in [9.17, 15) is 0 Å². The van der Waals surface area contributed by atoms with Crippen molar-refractivity contribution in [2.24, 2.45) is 0 Å². The molecule has 2 heteroatoms. The second-order valence-corrected chi connectivity index (χ2v) is 3.16. The van der Waals surface area contributed by atoms with Gasteiger partial charge in [0.15, 0.2) is 0 Å². The van der Waals surface area contributed by atoms with Crippen LogP contribution in [0.25, 0.3) is 0 Å². The van der Waals surface area contributed by atoms with Crippen molar-refractivity contribution in [3.05, 3.63) is 12.7 Å². The van der Waals surface area contributed by atoms with Crippen molar-refractivity contribution in [1.82, 2.24) is 5.32 Å². The molecule has 0 saturated carbocycles. The van der Waals surface area contributed by atoms with Gasteiger partial charge in [-0.2, -0.15) is 0 Å². The van der Waals surface area contributed by atoms with E-state index in [1.807, 2.05) is 6.08 Å². The Bertz CT molecular complexity index is 136. The lowest BCUT2D eigenvalue weighted by molar-refractivity contribution is 0.112. The molecular formula is C9H17NO. The smallest absolute Gasteiger partial charge is 0.0700 e. The van der Waals surface area contributed by atoms with Crippen LogP contribution >= 0.6 is 0 Å². The predicted molar refractivity (Wildman–Crippen MR) is 46.6 cm³/mol. The second kappa shape index (κ2) is 3.88. The Hall–Kier alpha value is -0.340. The summed E-state index contributed by atoms with van der Waals surface area (Å²) in [5.74, 6) is 0. The lowest BCUT2D eigenvalue weighted by Crippen LogP contribution is -2.39. The summed E-state index contributed by atoms with van der Waals surface area (Å²) in [5, 5.41) is 3.44. The Morgan fingerprint density at radius 1 is 1.73 bits per heavy atom. The van der Waals surface area contributed by atoms with E-state index in [0.29, 0.717) is 18.2 Å². The summed E-state index contributed by atoms with van der Waals surface area (Å²) in [6, 6.07) is 0.909. The van der Waals surface area contributed by atoms with Gasteiger partial charge in [-0.1, -0.05) is 6.08 Å². The zero-order chi connectivity index (χ0) is 8.27. The van der Waals surface area contributed by atoms with Gasteiger partial charge in [-0.25, -0.2) is 0 Å². The molecule has 64 valence electrons. The van der Waals surface area contributed by atoms with Gasteiger partial charge in [-0.05, 0) is 20.3 Å². The van der Waals surface area contributed by atoms with Gasteiger partial charge >= 0.3 is 0 Å². The molecule has 11 heavy (non-hydrogen) atoms. The summed E-state index contributed by atoms with van der Waals surface area (Å²) in [5.41, 5.74) is 0. The molecule has 1 fully saturated rings. The summed E-state index contributed by atoms with van der Waals surface area (Å²) in [6.45, 7) is 8.84. The van der Waals surface area contributed by atoms with Crippen LogP contribution in [0.15, 0.2) is 12.7 Å². The Morgan fingerprint density at radius 3 is 2.91 bits per heavy atom. The lowest BCUT2D eigenvalue weighted by atomic mass is 10.1. The highest BCUT2D eigenvalue weighted by molar-refractivity contribution is 4.88. The van der Waals surface area contributed by atoms with Gasteiger partial charge in [-0.3, -0.25) is 0 Å². The summed E-state index contributed by atoms with van der Waals surface area (Å²) < 4.78 is 5.41. The number of hydrogen-bond donors (Lipinski definition) is 1. The Labute approximate surface area is 68.6 Å². The van der Waals surface area contributed by atoms with Crippen molar-refractivity contribution in [3.63, 3.8) is 0 Å². The van der Waals surface area contributed by atoms with Crippen LogP contribution in [0.3, 0.4) is 0 Å². The molecule has 3 atom stereocenters. The quantitative estimate of drug-likeness (QED) is 0.621. The molecule has 2 nitrogen and oxygen atoms in total. The molecule has 0 aliphatic carbocycles. The van der Waals surface area contributed by atoms with Gasteiger partial charge in [-0.15, -0.1) is 6.58 Å². The number of hydrogen-bond acceptors (Lipinski definition) is 2. The Balaban J connectivity index is 2.30. The minimum Gasteiger partial charge on any atom is -0.377 e. The highest BCUT2D eigenvalue weighted by Gasteiger charge is 2.24. The highest BCUT2D eigenvalue weighted by atomic mass is 16.5. The largest absolute Gasteiger partial charge is 0.377 e. The Morgan fingerprint density at radius 2 is 2.45 bits per heavy atom. The average molecular weight is 155 g/mol. The average Bonchev–Trinajstić information content (AvgIpc) is 2.37. The number of ether oxygens (including phenoxy) is 1. The molecule has 1 aliphatic rings. The molecule has 1 aliphatic heterocycles. The van der Waals surface area contributed by atoms with E-state index in [4.69, 9.17) is 4.74 Å². The van der Waals surface area contributed by atoms with Crippen molar-refractivity contribution in [1.29, 1.82) is 0 Å². The van der Waals surface area contributed by atoms with Crippen LogP contribution in [-0.2, 0) is 4.74 Å². The third-order valence-electron chi connectivity index (χ3n) is 2.21. The normalized spacial score (nSPS) is 33.6. The summed E-state index contributed by atoms with van der Waals surface area (Å²) in [6.07, 6.45) is 3.40. The number of rotatable bonds is 3. The summed E-state index contributed by atoms with van der Waals surface area (Å²) in [4.78, 5) is 0. The third-order valence-corrected chi connectivity index (χ3v) is 2.21. The van der Waals surface area contributed by atoms with Gasteiger partial charge in [0, 0.05) is 18.7 Å². The van der Waals surface area contributed by atoms with Crippen LogP contribution in [0.4, 0.5) is 0 Å². The zero-order valence-corrected chi connectivity index (χ0v) is 7.34. The highest BCUT2D eigenvalue weighted by Crippen LogP contribution is 2.12. The van der Waals surface area contributed by atoms with Gasteiger partial charge in [0.2, 0.25) is 0 Å². The SMILES string of the molecule is C=CC(C)N[C@@H]1CCO[C@@H]1C. The predicted octanol–water partition coefficient (Wildman–Crippen LogP) is 1.33. The first-order valence-corrected chi connectivity index (χ1v) is 4.24. The molecule has 0 aromatic rings. The molecule has 1 saturated heterocycles. The minimum atomic E-state index is 0.359. The van der Waals surface area contributed by atoms with Crippen LogP contribution in [-0.4, -0.2) is 24.8 Å². The second-order valence-electron chi connectivity index (χ2n) is 3.16. The standard InChI is InChI=1S/C9H17NO/c1-4-7(2)10-9-5-6-11-8(9)3/h4,7-10H,1,5-6H2,2-3H3/t7?,8-,9-/m1/s1. The lowest BCUT2D eigenvalue weighted by Gasteiger charge is -2.18. The molecule has 1 rings (SSSR count). The van der Waals surface area contributed by atoms with E-state index >= 15 is 0 Å². The van der Waals surface area contributed by atoms with Gasteiger partial charge in [0.1, 0.15) is 0 Å². The van der Waals surface area contributed by atoms with Crippen molar-refractivity contribution < 1.29 is 4.74 Å². The first kappa shape index (κ1) is 8.75. The minimum absolute atomic E-state index is 0.359. The monoisotopic (exact) mass is 155 g/mol. The summed E-state index contributed by atoms with van der Waals surface area (Å²) in [7, 11) is 0. The molecule has 0 aromatic carbocycles. The maximum atomic E-state index is 5.41. The third kappa shape index (κ3) is 2.31. The van der Waals surface area contributed by atoms with Crippen molar-refractivity contribution in [2.45, 2.75) is 38.5 Å². The van der Waals surface area contributed by atoms with E-state index < -0.39 is 0 Å². The Kier molecular flexibility index (Phi) is 3.09. The van der Waals surface area contributed by atoms with E-state index in [-0.39, 0.29) is 0 Å². The molecule has 0 radical (unpaired) electrons. The fourth-order valence-electron chi connectivity index (χ4n) is 1.36. The van der Waals surface area contributed by atoms with Crippen molar-refractivity contribution in [2.75, 3.05) is 6.61 Å². The fourth-order valence-corrected chi connectivity index (χ4v) is 1.36. The molecule has 0 amide bonds. The summed E-state index contributed by atoms with van der Waals surface area (Å²) >= 11 is 0. The molecule has 0 spiro atoms. The van der Waals surface area contributed by atoms with Crippen LogP contribution in [0.1, 0.15) is 20.3 Å². The van der Waals surface area contributed by atoms with Gasteiger partial charge < -0.3 is 10.1 Å². The van der Waals surface area contributed by atoms with E-state index in [2.05, 4.69) is 25.7 Å². The van der Waals surface area contributed by atoms with Gasteiger partial charge in [0.05, 0.1) is 6.10 Å². The van der Waals surface area contributed by atoms with E-state index in [1.165, 1.54) is 0 Å². The maximum Gasteiger partial charge on any atom is 0.0700 e. The fraction of sp³-hybridized carbons (Fsp3) is 0.778. The molecule has 0 aromatic heterocycles. The first-order valence-electron chi connectivity index (χ1n) is 4.24. The van der Waals surface area contributed by atoms with Crippen LogP contribution in [0.2, 0.25) is 0 Å². The topological polar surface area (TPSA) is 21.3 Å². The molecule has 1 unspecified atom stereocenters. The molecular weight excluding hydrogens is 138 g/mol. The van der Waals surface area contributed by atoms with Crippen molar-refractivity contribution >= 4 is 0 Å². The van der Waals surface area contributed by atoms with E-state index in [1.54, 1.807) is 0 Å². The molecule has 1 heterocycles. The van der Waals surface area contributed by atoms with Crippen LogP contribution < -0.4 is 5.32 Å². The van der Waals surface area contributed by atoms with Gasteiger partial charge in [0.25, 0.3) is 0 Å². The molecule has 0 bridgehead atoms. The van der Waals surface area contributed by atoms with Crippen molar-refractivity contribution in [3.8, 4) is 0 Å². The van der Waals surface area contributed by atoms with Crippen LogP contribution in [0.5, 0.6) is 0 Å². The maximum absolute atomic E-state index is 5.41. The molecule has 1 N–H and O–H groups in total. The van der Waals surface area contributed by atoms with E-state index in [0.717, 1.165) is 13.0 Å².